The van der Waals surface area contributed by atoms with Crippen LogP contribution >= 0.6 is 0 Å². The van der Waals surface area contributed by atoms with Crippen LogP contribution in [0.5, 0.6) is 5.75 Å². The Balaban J connectivity index is 2.35. The predicted molar refractivity (Wildman–Crippen MR) is 89.1 cm³/mol. The highest BCUT2D eigenvalue weighted by Gasteiger charge is 2.17. The summed E-state index contributed by atoms with van der Waals surface area (Å²) in [6, 6.07) is 10.4. The molecule has 2 aromatic carbocycles. The zero-order chi connectivity index (χ0) is 16.3. The second-order valence-corrected chi connectivity index (χ2v) is 6.90. The van der Waals surface area contributed by atoms with Gasteiger partial charge in [-0.15, -0.1) is 0 Å². The molecule has 0 radical (unpaired) electrons. The van der Waals surface area contributed by atoms with Gasteiger partial charge in [0.2, 0.25) is 0 Å². The van der Waals surface area contributed by atoms with E-state index in [4.69, 9.17) is 4.74 Å². The van der Waals surface area contributed by atoms with Gasteiger partial charge in [0.1, 0.15) is 5.75 Å². The summed E-state index contributed by atoms with van der Waals surface area (Å²) >= 11 is 0. The number of rotatable bonds is 5. The molecule has 0 aliphatic carbocycles. The number of nitrogens with one attached hydrogen (secondary N) is 1. The number of hydrogen-bond donors (Lipinski definition) is 1. The Hall–Kier alpha value is -2.01. The zero-order valence-electron chi connectivity index (χ0n) is 13.3. The fourth-order valence-electron chi connectivity index (χ4n) is 2.17. The standard InChI is InChI=1S/C17H21NO3S/c1-5-21-17-10-9-15(11-13(17)3)22(19,20)18-16-8-6-7-12(2)14(16)4/h6-11,18H,5H2,1-4H3. The van der Waals surface area contributed by atoms with E-state index in [9.17, 15) is 8.42 Å². The number of benzene rings is 2. The summed E-state index contributed by atoms with van der Waals surface area (Å²) in [6.45, 7) is 8.13. The smallest absolute Gasteiger partial charge is 0.261 e. The van der Waals surface area contributed by atoms with Gasteiger partial charge in [0.25, 0.3) is 10.0 Å². The Morgan fingerprint density at radius 2 is 1.77 bits per heavy atom. The van der Waals surface area contributed by atoms with E-state index in [1.54, 1.807) is 24.3 Å². The lowest BCUT2D eigenvalue weighted by Gasteiger charge is -2.13. The second kappa shape index (κ2) is 6.40. The molecule has 0 aliphatic rings. The molecule has 0 unspecified atom stereocenters. The average Bonchev–Trinajstić information content (AvgIpc) is 2.46. The van der Waals surface area contributed by atoms with Gasteiger partial charge < -0.3 is 4.74 Å². The molecule has 0 amide bonds. The van der Waals surface area contributed by atoms with Gasteiger partial charge in [0, 0.05) is 0 Å². The summed E-state index contributed by atoms with van der Waals surface area (Å²) in [7, 11) is -3.61. The normalized spacial score (nSPS) is 11.3. The molecule has 0 atom stereocenters. The molecule has 0 spiro atoms. The molecule has 0 saturated carbocycles. The van der Waals surface area contributed by atoms with Crippen molar-refractivity contribution in [2.75, 3.05) is 11.3 Å². The van der Waals surface area contributed by atoms with Crippen LogP contribution < -0.4 is 9.46 Å². The van der Waals surface area contributed by atoms with Crippen molar-refractivity contribution in [2.24, 2.45) is 0 Å². The van der Waals surface area contributed by atoms with Crippen LogP contribution in [0.2, 0.25) is 0 Å². The van der Waals surface area contributed by atoms with Crippen LogP contribution in [-0.4, -0.2) is 15.0 Å². The number of aryl methyl sites for hydroxylation is 2. The SMILES string of the molecule is CCOc1ccc(S(=O)(=O)Nc2cccc(C)c2C)cc1C. The molecule has 0 aliphatic heterocycles. The zero-order valence-corrected chi connectivity index (χ0v) is 14.1. The van der Waals surface area contributed by atoms with E-state index in [2.05, 4.69) is 4.72 Å². The third-order valence-electron chi connectivity index (χ3n) is 3.61. The first-order chi connectivity index (χ1) is 10.3. The van der Waals surface area contributed by atoms with Crippen molar-refractivity contribution >= 4 is 15.7 Å². The highest BCUT2D eigenvalue weighted by Crippen LogP contribution is 2.25. The number of ether oxygens (including phenoxy) is 1. The quantitative estimate of drug-likeness (QED) is 0.911. The molecule has 0 fully saturated rings. The van der Waals surface area contributed by atoms with E-state index in [0.717, 1.165) is 16.7 Å². The summed E-state index contributed by atoms with van der Waals surface area (Å²) in [5.41, 5.74) is 3.37. The Morgan fingerprint density at radius 1 is 1.05 bits per heavy atom. The van der Waals surface area contributed by atoms with Crippen molar-refractivity contribution in [1.82, 2.24) is 0 Å². The Kier molecular flexibility index (Phi) is 4.76. The first kappa shape index (κ1) is 16.4. The molecular weight excluding hydrogens is 298 g/mol. The lowest BCUT2D eigenvalue weighted by atomic mass is 10.1. The summed E-state index contributed by atoms with van der Waals surface area (Å²) in [6.07, 6.45) is 0. The summed E-state index contributed by atoms with van der Waals surface area (Å²) in [5.74, 6) is 0.702. The van der Waals surface area contributed by atoms with Crippen molar-refractivity contribution in [3.05, 3.63) is 53.1 Å². The number of anilines is 1. The highest BCUT2D eigenvalue weighted by atomic mass is 32.2. The van der Waals surface area contributed by atoms with Crippen LogP contribution in [0.1, 0.15) is 23.6 Å². The van der Waals surface area contributed by atoms with E-state index < -0.39 is 10.0 Å². The van der Waals surface area contributed by atoms with Crippen molar-refractivity contribution in [3.63, 3.8) is 0 Å². The molecule has 0 saturated heterocycles. The topological polar surface area (TPSA) is 55.4 Å². The van der Waals surface area contributed by atoms with Gasteiger partial charge in [0.15, 0.2) is 0 Å². The Morgan fingerprint density at radius 3 is 2.41 bits per heavy atom. The fourth-order valence-corrected chi connectivity index (χ4v) is 3.38. The van der Waals surface area contributed by atoms with Gasteiger partial charge in [0.05, 0.1) is 17.2 Å². The minimum atomic E-state index is -3.61. The van der Waals surface area contributed by atoms with Crippen LogP contribution in [0, 0.1) is 20.8 Å². The molecule has 0 bridgehead atoms. The molecule has 2 aromatic rings. The molecule has 118 valence electrons. The van der Waals surface area contributed by atoms with Gasteiger partial charge >= 0.3 is 0 Å². The van der Waals surface area contributed by atoms with Gasteiger partial charge in [-0.3, -0.25) is 4.72 Å². The lowest BCUT2D eigenvalue weighted by Crippen LogP contribution is -2.14. The summed E-state index contributed by atoms with van der Waals surface area (Å²) in [4.78, 5) is 0.231. The second-order valence-electron chi connectivity index (χ2n) is 5.21. The minimum Gasteiger partial charge on any atom is -0.494 e. The van der Waals surface area contributed by atoms with E-state index in [1.165, 1.54) is 0 Å². The van der Waals surface area contributed by atoms with Crippen molar-refractivity contribution in [2.45, 2.75) is 32.6 Å². The molecule has 22 heavy (non-hydrogen) atoms. The van der Waals surface area contributed by atoms with E-state index in [1.807, 2.05) is 39.8 Å². The maximum atomic E-state index is 12.5. The maximum Gasteiger partial charge on any atom is 0.261 e. The van der Waals surface area contributed by atoms with Crippen molar-refractivity contribution < 1.29 is 13.2 Å². The molecule has 5 heteroatoms. The van der Waals surface area contributed by atoms with Gasteiger partial charge in [-0.05, 0) is 68.7 Å². The average molecular weight is 319 g/mol. The third kappa shape index (κ3) is 3.42. The van der Waals surface area contributed by atoms with Gasteiger partial charge in [-0.25, -0.2) is 8.42 Å². The molecular formula is C17H21NO3S. The molecule has 4 nitrogen and oxygen atoms in total. The van der Waals surface area contributed by atoms with Gasteiger partial charge in [-0.1, -0.05) is 12.1 Å². The van der Waals surface area contributed by atoms with Gasteiger partial charge in [-0.2, -0.15) is 0 Å². The van der Waals surface area contributed by atoms with E-state index >= 15 is 0 Å². The largest absolute Gasteiger partial charge is 0.494 e. The van der Waals surface area contributed by atoms with Crippen molar-refractivity contribution in [1.29, 1.82) is 0 Å². The highest BCUT2D eigenvalue weighted by molar-refractivity contribution is 7.92. The molecule has 1 N–H and O–H groups in total. The predicted octanol–water partition coefficient (Wildman–Crippen LogP) is 3.81. The molecule has 0 heterocycles. The fraction of sp³-hybridized carbons (Fsp3) is 0.294. The maximum absolute atomic E-state index is 12.5. The van der Waals surface area contributed by atoms with Crippen LogP contribution in [-0.2, 0) is 10.0 Å². The minimum absolute atomic E-state index is 0.231. The lowest BCUT2D eigenvalue weighted by molar-refractivity contribution is 0.337. The van der Waals surface area contributed by atoms with E-state index in [0.29, 0.717) is 18.0 Å². The van der Waals surface area contributed by atoms with Crippen LogP contribution in [0.15, 0.2) is 41.3 Å². The summed E-state index contributed by atoms with van der Waals surface area (Å²) in [5, 5.41) is 0. The van der Waals surface area contributed by atoms with E-state index in [-0.39, 0.29) is 4.90 Å². The monoisotopic (exact) mass is 319 g/mol. The summed E-state index contributed by atoms with van der Waals surface area (Å²) < 4.78 is 33.2. The third-order valence-corrected chi connectivity index (χ3v) is 4.97. The Bertz CT molecular complexity index is 782. The molecule has 0 aromatic heterocycles. The van der Waals surface area contributed by atoms with Crippen LogP contribution in [0.3, 0.4) is 0 Å². The van der Waals surface area contributed by atoms with Crippen LogP contribution in [0.4, 0.5) is 5.69 Å². The first-order valence-electron chi connectivity index (χ1n) is 7.17. The molecule has 2 rings (SSSR count). The number of hydrogen-bond acceptors (Lipinski definition) is 3. The first-order valence-corrected chi connectivity index (χ1v) is 8.66. The number of sulfonamides is 1. The van der Waals surface area contributed by atoms with Crippen LogP contribution in [0.25, 0.3) is 0 Å². The Labute approximate surface area is 132 Å². The van der Waals surface area contributed by atoms with Crippen molar-refractivity contribution in [3.8, 4) is 5.75 Å².